The van der Waals surface area contributed by atoms with Gasteiger partial charge in [0.25, 0.3) is 0 Å². The van der Waals surface area contributed by atoms with Crippen LogP contribution in [0, 0.1) is 5.92 Å². The smallest absolute Gasteiger partial charge is 0.238 e. The molecule has 24 heavy (non-hydrogen) atoms. The molecule has 3 rings (SSSR count). The molecule has 2 heterocycles. The average Bonchev–Trinajstić information content (AvgIpc) is 2.63. The van der Waals surface area contributed by atoms with Crippen molar-refractivity contribution in [1.29, 1.82) is 0 Å². The van der Waals surface area contributed by atoms with E-state index in [0.717, 1.165) is 57.8 Å². The molecule has 6 nitrogen and oxygen atoms in total. The van der Waals surface area contributed by atoms with Gasteiger partial charge in [-0.2, -0.15) is 0 Å². The summed E-state index contributed by atoms with van der Waals surface area (Å²) in [5, 5.41) is 6.20. The third kappa shape index (κ3) is 4.55. The van der Waals surface area contributed by atoms with Gasteiger partial charge >= 0.3 is 0 Å². The van der Waals surface area contributed by atoms with E-state index >= 15 is 0 Å². The molecule has 0 atom stereocenters. The zero-order valence-electron chi connectivity index (χ0n) is 14.0. The lowest BCUT2D eigenvalue weighted by Gasteiger charge is -2.36. The minimum absolute atomic E-state index is 0.000619. The minimum atomic E-state index is -0.000619. The maximum absolute atomic E-state index is 12.5. The minimum Gasteiger partial charge on any atom is -0.340 e. The van der Waals surface area contributed by atoms with Gasteiger partial charge in [-0.1, -0.05) is 18.2 Å². The predicted octanol–water partition coefficient (Wildman–Crippen LogP) is 0.769. The zero-order chi connectivity index (χ0) is 16.8. The summed E-state index contributed by atoms with van der Waals surface area (Å²) in [4.78, 5) is 28.7. The second-order valence-electron chi connectivity index (χ2n) is 6.54. The van der Waals surface area contributed by atoms with Crippen LogP contribution in [-0.4, -0.2) is 67.4 Å². The van der Waals surface area contributed by atoms with Crippen molar-refractivity contribution in [2.24, 2.45) is 5.92 Å². The highest BCUT2D eigenvalue weighted by molar-refractivity contribution is 5.92. The van der Waals surface area contributed by atoms with Crippen LogP contribution in [0.25, 0.3) is 0 Å². The molecule has 2 fully saturated rings. The van der Waals surface area contributed by atoms with E-state index in [4.69, 9.17) is 0 Å². The summed E-state index contributed by atoms with van der Waals surface area (Å²) in [6.07, 6.45) is 1.89. The van der Waals surface area contributed by atoms with Gasteiger partial charge in [0.05, 0.1) is 6.54 Å². The first kappa shape index (κ1) is 16.9. The van der Waals surface area contributed by atoms with Gasteiger partial charge in [-0.15, -0.1) is 0 Å². The van der Waals surface area contributed by atoms with Crippen LogP contribution < -0.4 is 10.6 Å². The van der Waals surface area contributed by atoms with Crippen molar-refractivity contribution in [3.8, 4) is 0 Å². The Hall–Kier alpha value is -1.92. The average molecular weight is 330 g/mol. The van der Waals surface area contributed by atoms with Gasteiger partial charge in [-0.05, 0) is 38.1 Å². The number of carbonyl (C=O) groups excluding carboxylic acids is 2. The summed E-state index contributed by atoms with van der Waals surface area (Å²) in [6.45, 7) is 5.23. The molecule has 0 bridgehead atoms. The fraction of sp³-hybridized carbons (Fsp3) is 0.556. The van der Waals surface area contributed by atoms with Gasteiger partial charge in [0.15, 0.2) is 0 Å². The molecule has 1 aromatic rings. The number of amides is 2. The Balaban J connectivity index is 1.41. The highest BCUT2D eigenvalue weighted by Gasteiger charge is 2.28. The van der Waals surface area contributed by atoms with Crippen LogP contribution >= 0.6 is 0 Å². The predicted molar refractivity (Wildman–Crippen MR) is 93.7 cm³/mol. The SMILES string of the molecule is O=C(CN1CCN(C(=O)C2CCNCC2)CC1)Nc1ccccc1. The maximum Gasteiger partial charge on any atom is 0.238 e. The highest BCUT2D eigenvalue weighted by Crippen LogP contribution is 2.16. The lowest BCUT2D eigenvalue weighted by molar-refractivity contribution is -0.138. The quantitative estimate of drug-likeness (QED) is 0.856. The van der Waals surface area contributed by atoms with Crippen LogP contribution in [0.15, 0.2) is 30.3 Å². The summed E-state index contributed by atoms with van der Waals surface area (Å²) in [5.41, 5.74) is 0.822. The number of piperazine rings is 1. The van der Waals surface area contributed by atoms with Gasteiger partial charge in [-0.3, -0.25) is 14.5 Å². The van der Waals surface area contributed by atoms with E-state index in [-0.39, 0.29) is 11.8 Å². The third-order valence-electron chi connectivity index (χ3n) is 4.80. The molecule has 2 aliphatic rings. The molecule has 1 aromatic carbocycles. The number of para-hydroxylation sites is 1. The molecule has 130 valence electrons. The molecule has 0 radical (unpaired) electrons. The molecule has 2 aliphatic heterocycles. The summed E-state index contributed by atoms with van der Waals surface area (Å²) >= 11 is 0. The monoisotopic (exact) mass is 330 g/mol. The normalized spacial score (nSPS) is 19.9. The van der Waals surface area contributed by atoms with Crippen molar-refractivity contribution < 1.29 is 9.59 Å². The van der Waals surface area contributed by atoms with Gasteiger partial charge < -0.3 is 15.5 Å². The molecule has 0 spiro atoms. The van der Waals surface area contributed by atoms with Crippen molar-refractivity contribution in [3.05, 3.63) is 30.3 Å². The van der Waals surface area contributed by atoms with E-state index < -0.39 is 0 Å². The third-order valence-corrected chi connectivity index (χ3v) is 4.80. The molecule has 6 heteroatoms. The molecular formula is C18H26N4O2. The van der Waals surface area contributed by atoms with Crippen molar-refractivity contribution in [1.82, 2.24) is 15.1 Å². The summed E-state index contributed by atoms with van der Waals surface area (Å²) < 4.78 is 0. The molecule has 0 unspecified atom stereocenters. The molecule has 0 aromatic heterocycles. The Bertz CT molecular complexity index is 549. The number of nitrogens with one attached hydrogen (secondary N) is 2. The molecule has 0 saturated carbocycles. The van der Waals surface area contributed by atoms with E-state index in [1.165, 1.54) is 0 Å². The molecule has 2 amide bonds. The molecule has 2 N–H and O–H groups in total. The van der Waals surface area contributed by atoms with E-state index in [2.05, 4.69) is 15.5 Å². The topological polar surface area (TPSA) is 64.7 Å². The number of hydrogen-bond acceptors (Lipinski definition) is 4. The van der Waals surface area contributed by atoms with Crippen molar-refractivity contribution >= 4 is 17.5 Å². The van der Waals surface area contributed by atoms with Crippen LogP contribution in [-0.2, 0) is 9.59 Å². The fourth-order valence-corrected chi connectivity index (χ4v) is 3.38. The lowest BCUT2D eigenvalue weighted by Crippen LogP contribution is -2.52. The van der Waals surface area contributed by atoms with Crippen LogP contribution in [0.1, 0.15) is 12.8 Å². The van der Waals surface area contributed by atoms with Gasteiger partial charge in [0.1, 0.15) is 0 Å². The Labute approximate surface area is 143 Å². The van der Waals surface area contributed by atoms with E-state index in [1.807, 2.05) is 35.2 Å². The first-order chi connectivity index (χ1) is 11.7. The standard InChI is InChI=1S/C18H26N4O2/c23-17(20-16-4-2-1-3-5-16)14-21-10-12-22(13-11-21)18(24)15-6-8-19-9-7-15/h1-5,15,19H,6-14H2,(H,20,23). The molecule has 0 aliphatic carbocycles. The van der Waals surface area contributed by atoms with Crippen LogP contribution in [0.2, 0.25) is 0 Å². The number of rotatable bonds is 4. The van der Waals surface area contributed by atoms with E-state index in [9.17, 15) is 9.59 Å². The van der Waals surface area contributed by atoms with Crippen molar-refractivity contribution in [2.45, 2.75) is 12.8 Å². The highest BCUT2D eigenvalue weighted by atomic mass is 16.2. The van der Waals surface area contributed by atoms with Crippen molar-refractivity contribution in [3.63, 3.8) is 0 Å². The number of benzene rings is 1. The van der Waals surface area contributed by atoms with Gasteiger partial charge in [-0.25, -0.2) is 0 Å². The van der Waals surface area contributed by atoms with Gasteiger partial charge in [0, 0.05) is 37.8 Å². The number of hydrogen-bond donors (Lipinski definition) is 2. The zero-order valence-corrected chi connectivity index (χ0v) is 14.0. The van der Waals surface area contributed by atoms with Crippen LogP contribution in [0.5, 0.6) is 0 Å². The Morgan fingerprint density at radius 2 is 1.71 bits per heavy atom. The maximum atomic E-state index is 12.5. The number of nitrogens with zero attached hydrogens (tertiary/aromatic N) is 2. The van der Waals surface area contributed by atoms with E-state index in [0.29, 0.717) is 12.5 Å². The first-order valence-electron chi connectivity index (χ1n) is 8.79. The lowest BCUT2D eigenvalue weighted by atomic mass is 9.96. The van der Waals surface area contributed by atoms with Gasteiger partial charge in [0.2, 0.25) is 11.8 Å². The second-order valence-corrected chi connectivity index (χ2v) is 6.54. The largest absolute Gasteiger partial charge is 0.340 e. The summed E-state index contributed by atoms with van der Waals surface area (Å²) in [5.74, 6) is 0.475. The number of anilines is 1. The Morgan fingerprint density at radius 3 is 2.38 bits per heavy atom. The Kier molecular flexibility index (Phi) is 5.82. The van der Waals surface area contributed by atoms with Crippen molar-refractivity contribution in [2.75, 3.05) is 51.1 Å². The fourth-order valence-electron chi connectivity index (χ4n) is 3.38. The number of piperidine rings is 1. The van der Waals surface area contributed by atoms with E-state index in [1.54, 1.807) is 0 Å². The molecular weight excluding hydrogens is 304 g/mol. The summed E-state index contributed by atoms with van der Waals surface area (Å²) in [6, 6.07) is 9.50. The van der Waals surface area contributed by atoms with Crippen LogP contribution in [0.3, 0.4) is 0 Å². The number of carbonyl (C=O) groups is 2. The second kappa shape index (κ2) is 8.26. The Morgan fingerprint density at radius 1 is 1.04 bits per heavy atom. The first-order valence-corrected chi connectivity index (χ1v) is 8.79. The van der Waals surface area contributed by atoms with Crippen LogP contribution in [0.4, 0.5) is 5.69 Å². The molecule has 2 saturated heterocycles. The summed E-state index contributed by atoms with van der Waals surface area (Å²) in [7, 11) is 0.